The van der Waals surface area contributed by atoms with Gasteiger partial charge in [0.05, 0.1) is 12.1 Å². The molecule has 1 aromatic heterocycles. The lowest BCUT2D eigenvalue weighted by molar-refractivity contribution is 0.0946. The molecule has 0 atom stereocenters. The number of para-hydroxylation sites is 1. The van der Waals surface area contributed by atoms with Crippen molar-refractivity contribution >= 4 is 16.8 Å². The summed E-state index contributed by atoms with van der Waals surface area (Å²) in [4.78, 5) is 16.5. The van der Waals surface area contributed by atoms with Gasteiger partial charge in [-0.2, -0.15) is 0 Å². The molecule has 0 spiro atoms. The van der Waals surface area contributed by atoms with Crippen LogP contribution in [0.1, 0.15) is 21.6 Å². The molecule has 0 aliphatic rings. The Labute approximate surface area is 128 Å². The van der Waals surface area contributed by atoms with Gasteiger partial charge in [0.25, 0.3) is 5.91 Å². The number of hydrogen-bond donors (Lipinski definition) is 2. The third-order valence-electron chi connectivity index (χ3n) is 3.49. The lowest BCUT2D eigenvalue weighted by Gasteiger charge is -2.06. The lowest BCUT2D eigenvalue weighted by atomic mass is 10.1. The molecule has 0 saturated carbocycles. The molecule has 0 radical (unpaired) electrons. The fourth-order valence-corrected chi connectivity index (χ4v) is 2.23. The van der Waals surface area contributed by atoms with E-state index in [9.17, 15) is 4.79 Å². The van der Waals surface area contributed by atoms with Crippen molar-refractivity contribution in [2.45, 2.75) is 13.2 Å². The van der Waals surface area contributed by atoms with Gasteiger partial charge in [0.2, 0.25) is 0 Å². The van der Waals surface area contributed by atoms with E-state index in [-0.39, 0.29) is 12.5 Å². The summed E-state index contributed by atoms with van der Waals surface area (Å²) in [6.45, 7) is 0.451. The predicted molar refractivity (Wildman–Crippen MR) is 85.3 cm³/mol. The van der Waals surface area contributed by atoms with Gasteiger partial charge >= 0.3 is 0 Å². The highest BCUT2D eigenvalue weighted by Gasteiger charge is 2.07. The Morgan fingerprint density at radius 1 is 0.955 bits per heavy atom. The largest absolute Gasteiger partial charge is 0.392 e. The predicted octanol–water partition coefficient (Wildman–Crippen LogP) is 2.66. The number of carbonyl (C=O) groups excluding carboxylic acids is 1. The molecule has 0 aliphatic carbocycles. The van der Waals surface area contributed by atoms with E-state index >= 15 is 0 Å². The maximum absolute atomic E-state index is 12.2. The van der Waals surface area contributed by atoms with Crippen LogP contribution in [0.3, 0.4) is 0 Å². The summed E-state index contributed by atoms with van der Waals surface area (Å²) >= 11 is 0. The Kier molecular flexibility index (Phi) is 4.12. The van der Waals surface area contributed by atoms with Crippen LogP contribution in [0.25, 0.3) is 10.9 Å². The van der Waals surface area contributed by atoms with Crippen molar-refractivity contribution in [3.63, 3.8) is 0 Å². The van der Waals surface area contributed by atoms with Crippen LogP contribution in [-0.2, 0) is 13.2 Å². The molecule has 4 nitrogen and oxygen atoms in total. The zero-order chi connectivity index (χ0) is 15.4. The normalized spacial score (nSPS) is 10.6. The van der Waals surface area contributed by atoms with Crippen molar-refractivity contribution in [3.05, 3.63) is 77.5 Å². The highest BCUT2D eigenvalue weighted by molar-refractivity contribution is 5.94. The summed E-state index contributed by atoms with van der Waals surface area (Å²) in [5.41, 5.74) is 3.05. The van der Waals surface area contributed by atoms with E-state index in [4.69, 9.17) is 5.11 Å². The van der Waals surface area contributed by atoms with Crippen LogP contribution in [0.15, 0.2) is 60.7 Å². The summed E-state index contributed by atoms with van der Waals surface area (Å²) in [7, 11) is 0. The van der Waals surface area contributed by atoms with Gasteiger partial charge in [-0.15, -0.1) is 0 Å². The monoisotopic (exact) mass is 292 g/mol. The summed E-state index contributed by atoms with van der Waals surface area (Å²) < 4.78 is 0. The third-order valence-corrected chi connectivity index (χ3v) is 3.49. The second kappa shape index (κ2) is 6.37. The minimum Gasteiger partial charge on any atom is -0.392 e. The van der Waals surface area contributed by atoms with E-state index in [2.05, 4.69) is 10.3 Å². The van der Waals surface area contributed by atoms with Gasteiger partial charge < -0.3 is 10.4 Å². The summed E-state index contributed by atoms with van der Waals surface area (Å²) in [6.07, 6.45) is 0. The molecule has 0 unspecified atom stereocenters. The van der Waals surface area contributed by atoms with Crippen LogP contribution in [0, 0.1) is 0 Å². The zero-order valence-electron chi connectivity index (χ0n) is 12.0. The van der Waals surface area contributed by atoms with Gasteiger partial charge in [-0.1, -0.05) is 48.5 Å². The smallest absolute Gasteiger partial charge is 0.270 e. The number of fused-ring (bicyclic) bond motifs is 1. The number of rotatable bonds is 4. The van der Waals surface area contributed by atoms with Gasteiger partial charge in [-0.3, -0.25) is 4.79 Å². The molecule has 1 amide bonds. The van der Waals surface area contributed by atoms with E-state index in [1.54, 1.807) is 6.07 Å². The third kappa shape index (κ3) is 3.13. The number of nitrogens with zero attached hydrogens (tertiary/aromatic N) is 1. The second-order valence-corrected chi connectivity index (χ2v) is 5.05. The molecular formula is C18H16N2O2. The van der Waals surface area contributed by atoms with Crippen LogP contribution < -0.4 is 5.32 Å². The summed E-state index contributed by atoms with van der Waals surface area (Å²) in [6, 6.07) is 18.8. The first-order valence-corrected chi connectivity index (χ1v) is 7.09. The number of carbonyl (C=O) groups is 1. The van der Waals surface area contributed by atoms with E-state index in [0.29, 0.717) is 12.2 Å². The average molecular weight is 292 g/mol. The first-order chi connectivity index (χ1) is 10.8. The topological polar surface area (TPSA) is 62.2 Å². The van der Waals surface area contributed by atoms with E-state index in [0.717, 1.165) is 22.0 Å². The Morgan fingerprint density at radius 2 is 1.68 bits per heavy atom. The SMILES string of the molecule is O=C(NCc1ccc(CO)cc1)c1ccc2ccccc2n1. The minimum absolute atomic E-state index is 0.0215. The van der Waals surface area contributed by atoms with Crippen molar-refractivity contribution < 1.29 is 9.90 Å². The first kappa shape index (κ1) is 14.2. The quantitative estimate of drug-likeness (QED) is 0.777. The highest BCUT2D eigenvalue weighted by Crippen LogP contribution is 2.12. The lowest BCUT2D eigenvalue weighted by Crippen LogP contribution is -2.23. The van der Waals surface area contributed by atoms with Crippen molar-refractivity contribution in [1.29, 1.82) is 0 Å². The fraction of sp³-hybridized carbons (Fsp3) is 0.111. The maximum Gasteiger partial charge on any atom is 0.270 e. The summed E-state index contributed by atoms with van der Waals surface area (Å²) in [5, 5.41) is 12.9. The Balaban J connectivity index is 1.69. The van der Waals surface area contributed by atoms with Crippen LogP contribution in [0.4, 0.5) is 0 Å². The number of benzene rings is 2. The average Bonchev–Trinajstić information content (AvgIpc) is 2.59. The molecule has 2 N–H and O–H groups in total. The Bertz CT molecular complexity index is 798. The molecule has 1 heterocycles. The first-order valence-electron chi connectivity index (χ1n) is 7.09. The number of hydrogen-bond acceptors (Lipinski definition) is 3. The van der Waals surface area contributed by atoms with Crippen molar-refractivity contribution in [2.24, 2.45) is 0 Å². The van der Waals surface area contributed by atoms with E-state index < -0.39 is 0 Å². The molecule has 110 valence electrons. The minimum atomic E-state index is -0.197. The van der Waals surface area contributed by atoms with Gasteiger partial charge in [0, 0.05) is 11.9 Å². The summed E-state index contributed by atoms with van der Waals surface area (Å²) in [5.74, 6) is -0.197. The van der Waals surface area contributed by atoms with Gasteiger partial charge in [0.15, 0.2) is 0 Å². The zero-order valence-corrected chi connectivity index (χ0v) is 12.0. The number of nitrogens with one attached hydrogen (secondary N) is 1. The van der Waals surface area contributed by atoms with Gasteiger partial charge in [0.1, 0.15) is 5.69 Å². The molecule has 3 rings (SSSR count). The van der Waals surface area contributed by atoms with Gasteiger partial charge in [-0.25, -0.2) is 4.98 Å². The maximum atomic E-state index is 12.2. The molecule has 2 aromatic carbocycles. The number of amides is 1. The molecule has 3 aromatic rings. The molecule has 0 aliphatic heterocycles. The van der Waals surface area contributed by atoms with Crippen LogP contribution in [0.5, 0.6) is 0 Å². The molecular weight excluding hydrogens is 276 g/mol. The van der Waals surface area contributed by atoms with E-state index in [1.807, 2.05) is 54.6 Å². The number of aliphatic hydroxyl groups excluding tert-OH is 1. The van der Waals surface area contributed by atoms with Gasteiger partial charge in [-0.05, 0) is 23.3 Å². The van der Waals surface area contributed by atoms with Crippen LogP contribution >= 0.6 is 0 Å². The second-order valence-electron chi connectivity index (χ2n) is 5.05. The van der Waals surface area contributed by atoms with Crippen molar-refractivity contribution in [3.8, 4) is 0 Å². The Morgan fingerprint density at radius 3 is 2.45 bits per heavy atom. The van der Waals surface area contributed by atoms with Crippen molar-refractivity contribution in [2.75, 3.05) is 0 Å². The van der Waals surface area contributed by atoms with Crippen LogP contribution in [0.2, 0.25) is 0 Å². The molecule has 22 heavy (non-hydrogen) atoms. The molecule has 4 heteroatoms. The number of aliphatic hydroxyl groups is 1. The highest BCUT2D eigenvalue weighted by atomic mass is 16.3. The van der Waals surface area contributed by atoms with Crippen molar-refractivity contribution in [1.82, 2.24) is 10.3 Å². The number of aromatic nitrogens is 1. The molecule has 0 fully saturated rings. The van der Waals surface area contributed by atoms with Crippen LogP contribution in [-0.4, -0.2) is 16.0 Å². The Hall–Kier alpha value is -2.72. The fourth-order valence-electron chi connectivity index (χ4n) is 2.23. The van der Waals surface area contributed by atoms with E-state index in [1.165, 1.54) is 0 Å². The molecule has 0 saturated heterocycles. The number of pyridine rings is 1. The molecule has 0 bridgehead atoms. The standard InChI is InChI=1S/C18H16N2O2/c21-12-14-7-5-13(6-8-14)11-19-18(22)17-10-9-15-3-1-2-4-16(15)20-17/h1-10,21H,11-12H2,(H,19,22).